The molecule has 2 atom stereocenters. The first-order chi connectivity index (χ1) is 5.88. The van der Waals surface area contributed by atoms with E-state index in [4.69, 9.17) is 0 Å². The first kappa shape index (κ1) is 8.51. The highest BCUT2D eigenvalue weighted by Crippen LogP contribution is 2.36. The van der Waals surface area contributed by atoms with Crippen LogP contribution in [0.2, 0.25) is 0 Å². The molecule has 0 aromatic carbocycles. The largest absolute Gasteiger partial charge is 0.126 e. The Kier molecular flexibility index (Phi) is 2.66. The molecule has 66 valence electrons. The number of hydrogen-bond acceptors (Lipinski definition) is 0. The molecule has 2 aliphatic rings. The van der Waals surface area contributed by atoms with Crippen LogP contribution < -0.4 is 0 Å². The average Bonchev–Trinajstić information content (AvgIpc) is 2.53. The van der Waals surface area contributed by atoms with Crippen LogP contribution >= 0.6 is 9.24 Å². The lowest BCUT2D eigenvalue weighted by molar-refractivity contribution is 0.401. The summed E-state index contributed by atoms with van der Waals surface area (Å²) in [6.45, 7) is 0. The van der Waals surface area contributed by atoms with Crippen LogP contribution in [-0.2, 0) is 0 Å². The lowest BCUT2D eigenvalue weighted by atomic mass is 9.83. The third-order valence-electron chi connectivity index (χ3n) is 3.07. The van der Waals surface area contributed by atoms with Gasteiger partial charge in [0, 0.05) is 5.66 Å². The number of allylic oxidation sites excluding steroid dienone is 4. The molecule has 0 nitrogen and oxygen atoms in total. The molecule has 0 N–H and O–H groups in total. The molecule has 2 aliphatic carbocycles. The normalized spacial score (nSPS) is 30.8. The second-order valence-electron chi connectivity index (χ2n) is 3.91. The molecule has 2 rings (SSSR count). The van der Waals surface area contributed by atoms with Crippen molar-refractivity contribution < 1.29 is 0 Å². The SMILES string of the molecule is PC1C=CC=C1C1CCCCC1. The molecule has 12 heavy (non-hydrogen) atoms. The minimum absolute atomic E-state index is 0.646. The smallest absolute Gasteiger partial charge is 0.0131 e. The topological polar surface area (TPSA) is 0 Å². The van der Waals surface area contributed by atoms with Crippen LogP contribution in [0.15, 0.2) is 23.8 Å². The Labute approximate surface area is 77.3 Å². The molecule has 0 heterocycles. The number of hydrogen-bond donors (Lipinski definition) is 0. The van der Waals surface area contributed by atoms with E-state index in [-0.39, 0.29) is 0 Å². The van der Waals surface area contributed by atoms with Gasteiger partial charge < -0.3 is 0 Å². The molecule has 1 heteroatoms. The molecule has 0 amide bonds. The van der Waals surface area contributed by atoms with E-state index in [0.717, 1.165) is 5.92 Å². The van der Waals surface area contributed by atoms with E-state index in [1.807, 2.05) is 0 Å². The molecule has 0 aromatic heterocycles. The minimum atomic E-state index is 0.646. The van der Waals surface area contributed by atoms with Crippen LogP contribution in [0.5, 0.6) is 0 Å². The molecule has 0 spiro atoms. The second kappa shape index (κ2) is 3.75. The Bertz CT molecular complexity index is 209. The summed E-state index contributed by atoms with van der Waals surface area (Å²) in [5.74, 6) is 0.899. The summed E-state index contributed by atoms with van der Waals surface area (Å²) in [6, 6.07) is 0. The zero-order chi connectivity index (χ0) is 8.39. The molecule has 2 unspecified atom stereocenters. The second-order valence-corrected chi connectivity index (χ2v) is 4.63. The van der Waals surface area contributed by atoms with Crippen molar-refractivity contribution in [2.75, 3.05) is 0 Å². The Morgan fingerprint density at radius 3 is 2.50 bits per heavy atom. The van der Waals surface area contributed by atoms with E-state index >= 15 is 0 Å². The van der Waals surface area contributed by atoms with Crippen LogP contribution in [-0.4, -0.2) is 5.66 Å². The van der Waals surface area contributed by atoms with Gasteiger partial charge in [-0.1, -0.05) is 43.1 Å². The molecule has 0 bridgehead atoms. The van der Waals surface area contributed by atoms with Crippen molar-refractivity contribution in [2.24, 2.45) is 5.92 Å². The fraction of sp³-hybridized carbons (Fsp3) is 0.636. The predicted octanol–water partition coefficient (Wildman–Crippen LogP) is 3.31. The number of rotatable bonds is 1. The summed E-state index contributed by atoms with van der Waals surface area (Å²) in [5.41, 5.74) is 2.31. The molecule has 0 saturated heterocycles. The maximum atomic E-state index is 2.93. The Balaban J connectivity index is 1.99. The van der Waals surface area contributed by atoms with Gasteiger partial charge >= 0.3 is 0 Å². The van der Waals surface area contributed by atoms with Gasteiger partial charge in [0.1, 0.15) is 0 Å². The van der Waals surface area contributed by atoms with Crippen molar-refractivity contribution in [2.45, 2.75) is 37.8 Å². The summed E-state index contributed by atoms with van der Waals surface area (Å²) < 4.78 is 0. The first-order valence-corrected chi connectivity index (χ1v) is 5.68. The third kappa shape index (κ3) is 1.64. The van der Waals surface area contributed by atoms with Gasteiger partial charge in [0.15, 0.2) is 0 Å². The summed E-state index contributed by atoms with van der Waals surface area (Å²) in [5, 5.41) is 0. The van der Waals surface area contributed by atoms with Gasteiger partial charge in [0.2, 0.25) is 0 Å². The zero-order valence-corrected chi connectivity index (χ0v) is 8.65. The van der Waals surface area contributed by atoms with E-state index < -0.39 is 0 Å². The van der Waals surface area contributed by atoms with Crippen molar-refractivity contribution in [3.63, 3.8) is 0 Å². The maximum Gasteiger partial charge on any atom is 0.0131 e. The highest BCUT2D eigenvalue weighted by atomic mass is 31.0. The molecule has 1 saturated carbocycles. The Hall–Kier alpha value is -0.0900. The lowest BCUT2D eigenvalue weighted by Crippen LogP contribution is -2.13. The van der Waals surface area contributed by atoms with Crippen LogP contribution in [0, 0.1) is 5.92 Å². The Morgan fingerprint density at radius 2 is 1.92 bits per heavy atom. The van der Waals surface area contributed by atoms with Gasteiger partial charge in [0.05, 0.1) is 0 Å². The lowest BCUT2D eigenvalue weighted by Gasteiger charge is -2.25. The molecule has 0 aromatic rings. The third-order valence-corrected chi connectivity index (χ3v) is 3.68. The van der Waals surface area contributed by atoms with Crippen molar-refractivity contribution in [3.8, 4) is 0 Å². The quantitative estimate of drug-likeness (QED) is 0.543. The van der Waals surface area contributed by atoms with Crippen LogP contribution in [0.3, 0.4) is 0 Å². The van der Waals surface area contributed by atoms with Gasteiger partial charge in [-0.3, -0.25) is 0 Å². The highest BCUT2D eigenvalue weighted by Gasteiger charge is 2.21. The summed E-state index contributed by atoms with van der Waals surface area (Å²) >= 11 is 0. The average molecular weight is 180 g/mol. The predicted molar refractivity (Wildman–Crippen MR) is 57.3 cm³/mol. The maximum absolute atomic E-state index is 2.93. The van der Waals surface area contributed by atoms with E-state index in [1.165, 1.54) is 32.1 Å². The van der Waals surface area contributed by atoms with E-state index in [9.17, 15) is 0 Å². The first-order valence-electron chi connectivity index (χ1n) is 5.02. The Morgan fingerprint density at radius 1 is 1.17 bits per heavy atom. The monoisotopic (exact) mass is 180 g/mol. The van der Waals surface area contributed by atoms with Crippen molar-refractivity contribution in [3.05, 3.63) is 23.8 Å². The van der Waals surface area contributed by atoms with E-state index in [1.54, 1.807) is 5.57 Å². The summed E-state index contributed by atoms with van der Waals surface area (Å²) in [6.07, 6.45) is 14.0. The summed E-state index contributed by atoms with van der Waals surface area (Å²) in [7, 11) is 2.93. The summed E-state index contributed by atoms with van der Waals surface area (Å²) in [4.78, 5) is 0. The van der Waals surface area contributed by atoms with E-state index in [2.05, 4.69) is 27.5 Å². The van der Waals surface area contributed by atoms with Gasteiger partial charge in [-0.15, -0.1) is 9.24 Å². The van der Waals surface area contributed by atoms with Crippen LogP contribution in [0.25, 0.3) is 0 Å². The van der Waals surface area contributed by atoms with Crippen molar-refractivity contribution >= 4 is 9.24 Å². The zero-order valence-electron chi connectivity index (χ0n) is 7.50. The molecule has 0 radical (unpaired) electrons. The van der Waals surface area contributed by atoms with E-state index in [0.29, 0.717) is 5.66 Å². The highest BCUT2D eigenvalue weighted by molar-refractivity contribution is 7.18. The minimum Gasteiger partial charge on any atom is -0.126 e. The van der Waals surface area contributed by atoms with Gasteiger partial charge in [-0.2, -0.15) is 0 Å². The van der Waals surface area contributed by atoms with Gasteiger partial charge in [0.25, 0.3) is 0 Å². The molecule has 0 aliphatic heterocycles. The van der Waals surface area contributed by atoms with Gasteiger partial charge in [-0.25, -0.2) is 0 Å². The standard InChI is InChI=1S/C11H17P/c12-11-8-4-7-10(11)9-5-2-1-3-6-9/h4,7-9,11H,1-3,5-6,12H2. The van der Waals surface area contributed by atoms with Crippen molar-refractivity contribution in [1.29, 1.82) is 0 Å². The molecule has 1 fully saturated rings. The van der Waals surface area contributed by atoms with Crippen LogP contribution in [0.4, 0.5) is 0 Å². The van der Waals surface area contributed by atoms with Crippen molar-refractivity contribution in [1.82, 2.24) is 0 Å². The van der Waals surface area contributed by atoms with Gasteiger partial charge in [-0.05, 0) is 18.8 Å². The molecular weight excluding hydrogens is 163 g/mol. The fourth-order valence-electron chi connectivity index (χ4n) is 2.35. The fourth-order valence-corrected chi connectivity index (χ4v) is 2.86. The molecular formula is C11H17P. The van der Waals surface area contributed by atoms with Crippen LogP contribution in [0.1, 0.15) is 32.1 Å².